The van der Waals surface area contributed by atoms with Crippen LogP contribution in [-0.2, 0) is 37.2 Å². The number of hydrogen-bond acceptors (Lipinski definition) is 8. The van der Waals surface area contributed by atoms with Gasteiger partial charge in [0.15, 0.2) is 0 Å². The van der Waals surface area contributed by atoms with Gasteiger partial charge in [-0.25, -0.2) is 13.4 Å². The van der Waals surface area contributed by atoms with Crippen LogP contribution in [0.15, 0.2) is 46.1 Å². The molecule has 11 heteroatoms. The molecule has 0 radical (unpaired) electrons. The Morgan fingerprint density at radius 2 is 1.85 bits per heavy atom. The lowest BCUT2D eigenvalue weighted by molar-refractivity contribution is -0.0100. The quantitative estimate of drug-likeness (QED) is 0.416. The molecule has 0 N–H and O–H groups in total. The number of aromatic nitrogens is 2. The molecule has 2 saturated heterocycles. The zero-order valence-electron chi connectivity index (χ0n) is 22.8. The van der Waals surface area contributed by atoms with Crippen LogP contribution in [0.25, 0.3) is 10.9 Å². The van der Waals surface area contributed by atoms with Crippen LogP contribution in [0.5, 0.6) is 0 Å². The van der Waals surface area contributed by atoms with Crippen molar-refractivity contribution < 1.29 is 22.6 Å². The lowest BCUT2D eigenvalue weighted by atomic mass is 10.1. The first-order chi connectivity index (χ1) is 18.8. The van der Waals surface area contributed by atoms with Gasteiger partial charge in [0.25, 0.3) is 5.56 Å². The Bertz CT molecular complexity index is 1500. The van der Waals surface area contributed by atoms with Crippen molar-refractivity contribution in [3.63, 3.8) is 0 Å². The molecule has 10 nitrogen and oxygen atoms in total. The number of morpholine rings is 2. The second-order valence-electron chi connectivity index (χ2n) is 10.1. The molecule has 0 amide bonds. The summed E-state index contributed by atoms with van der Waals surface area (Å²) in [6.07, 6.45) is 0.601. The summed E-state index contributed by atoms with van der Waals surface area (Å²) >= 11 is 0. The van der Waals surface area contributed by atoms with Crippen molar-refractivity contribution in [2.75, 3.05) is 64.6 Å². The molecule has 1 atom stereocenters. The highest BCUT2D eigenvalue weighted by molar-refractivity contribution is 7.89. The van der Waals surface area contributed by atoms with Gasteiger partial charge in [0.1, 0.15) is 5.82 Å². The van der Waals surface area contributed by atoms with Gasteiger partial charge < -0.3 is 19.1 Å². The van der Waals surface area contributed by atoms with Crippen LogP contribution in [0.3, 0.4) is 0 Å². The molecule has 2 aromatic carbocycles. The van der Waals surface area contributed by atoms with Crippen LogP contribution >= 0.6 is 0 Å². The SMILES string of the molecule is COC[C@H]1CN(c2ccc3c(=O)n(CCc4ccc(S(=O)(=O)N5CCOCC5)cc4C)c(C)nc3c2)CCO1. The van der Waals surface area contributed by atoms with E-state index < -0.39 is 10.0 Å². The van der Waals surface area contributed by atoms with E-state index in [4.69, 9.17) is 19.2 Å². The summed E-state index contributed by atoms with van der Waals surface area (Å²) in [4.78, 5) is 20.7. The van der Waals surface area contributed by atoms with Crippen LogP contribution in [-0.4, -0.2) is 88.1 Å². The number of hydrogen-bond donors (Lipinski definition) is 0. The maximum absolute atomic E-state index is 13.4. The van der Waals surface area contributed by atoms with Crippen molar-refractivity contribution in [1.82, 2.24) is 13.9 Å². The van der Waals surface area contributed by atoms with Gasteiger partial charge >= 0.3 is 0 Å². The second kappa shape index (κ2) is 11.7. The first kappa shape index (κ1) is 27.7. The number of ether oxygens (including phenoxy) is 3. The van der Waals surface area contributed by atoms with Crippen molar-refractivity contribution in [1.29, 1.82) is 0 Å². The molecule has 0 unspecified atom stereocenters. The third-order valence-electron chi connectivity index (χ3n) is 7.51. The highest BCUT2D eigenvalue weighted by Gasteiger charge is 2.27. The topological polar surface area (TPSA) is 103 Å². The Labute approximate surface area is 229 Å². The van der Waals surface area contributed by atoms with Crippen molar-refractivity contribution in [3.05, 3.63) is 63.7 Å². The summed E-state index contributed by atoms with van der Waals surface area (Å²) < 4.78 is 45.5. The zero-order valence-corrected chi connectivity index (χ0v) is 23.6. The molecular formula is C28H36N4O6S. The minimum absolute atomic E-state index is 0.0131. The van der Waals surface area contributed by atoms with Crippen LogP contribution in [0.2, 0.25) is 0 Å². The largest absolute Gasteiger partial charge is 0.382 e. The van der Waals surface area contributed by atoms with Gasteiger partial charge in [-0.2, -0.15) is 4.31 Å². The van der Waals surface area contributed by atoms with E-state index >= 15 is 0 Å². The molecule has 1 aromatic heterocycles. The third-order valence-corrected chi connectivity index (χ3v) is 9.41. The fourth-order valence-corrected chi connectivity index (χ4v) is 6.79. The van der Waals surface area contributed by atoms with Gasteiger partial charge in [-0.05, 0) is 61.7 Å². The second-order valence-corrected chi connectivity index (χ2v) is 12.0. The van der Waals surface area contributed by atoms with Gasteiger partial charge in [0, 0.05) is 45.5 Å². The standard InChI is InChI=1S/C28H36N4O6S/c1-20-16-25(39(34,35)31-11-13-37-14-12-31)6-4-22(20)8-9-32-21(2)29-27-17-23(5-7-26(27)28(32)33)30-10-15-38-24(18-30)19-36-3/h4-7,16-17,24H,8-15,18-19H2,1-3H3/t24-/m1/s1. The number of anilines is 1. The van der Waals surface area contributed by atoms with Crippen LogP contribution in [0.4, 0.5) is 5.69 Å². The van der Waals surface area contributed by atoms with Crippen molar-refractivity contribution in [2.24, 2.45) is 0 Å². The molecule has 3 heterocycles. The highest BCUT2D eigenvalue weighted by atomic mass is 32.2. The number of nitrogens with zero attached hydrogens (tertiary/aromatic N) is 4. The number of fused-ring (bicyclic) bond motifs is 1. The van der Waals surface area contributed by atoms with E-state index in [-0.39, 0.29) is 16.6 Å². The van der Waals surface area contributed by atoms with Crippen molar-refractivity contribution in [2.45, 2.75) is 37.8 Å². The number of sulfonamides is 1. The fraction of sp³-hybridized carbons (Fsp3) is 0.500. The average Bonchev–Trinajstić information content (AvgIpc) is 2.94. The van der Waals surface area contributed by atoms with E-state index in [1.165, 1.54) is 4.31 Å². The van der Waals surface area contributed by atoms with Gasteiger partial charge in [-0.15, -0.1) is 0 Å². The molecule has 5 rings (SSSR count). The minimum Gasteiger partial charge on any atom is -0.382 e. The lowest BCUT2D eigenvalue weighted by Gasteiger charge is -2.34. The van der Waals surface area contributed by atoms with Crippen LogP contribution in [0.1, 0.15) is 17.0 Å². The molecule has 0 saturated carbocycles. The maximum Gasteiger partial charge on any atom is 0.261 e. The molecule has 3 aromatic rings. The van der Waals surface area contributed by atoms with E-state index in [0.717, 1.165) is 29.9 Å². The predicted octanol–water partition coefficient (Wildman–Crippen LogP) is 2.13. The highest BCUT2D eigenvalue weighted by Crippen LogP contribution is 2.23. The summed E-state index contributed by atoms with van der Waals surface area (Å²) in [5.41, 5.74) is 3.49. The summed E-state index contributed by atoms with van der Waals surface area (Å²) in [5.74, 6) is 0.646. The van der Waals surface area contributed by atoms with E-state index in [1.807, 2.05) is 38.1 Å². The predicted molar refractivity (Wildman–Crippen MR) is 149 cm³/mol. The van der Waals surface area contributed by atoms with Gasteiger partial charge in [0.05, 0.1) is 48.3 Å². The van der Waals surface area contributed by atoms with E-state index in [9.17, 15) is 13.2 Å². The summed E-state index contributed by atoms with van der Waals surface area (Å²) in [7, 11) is -1.88. The maximum atomic E-state index is 13.4. The zero-order chi connectivity index (χ0) is 27.6. The summed E-state index contributed by atoms with van der Waals surface area (Å²) in [5, 5.41) is 0.578. The third kappa shape index (κ3) is 5.87. The molecular weight excluding hydrogens is 520 g/mol. The molecule has 2 aliphatic rings. The number of rotatable bonds is 8. The van der Waals surface area contributed by atoms with Gasteiger partial charge in [0.2, 0.25) is 10.0 Å². The lowest BCUT2D eigenvalue weighted by Crippen LogP contribution is -2.44. The van der Waals surface area contributed by atoms with Gasteiger partial charge in [-0.1, -0.05) is 6.07 Å². The number of aryl methyl sites for hydroxylation is 3. The summed E-state index contributed by atoms with van der Waals surface area (Å²) in [6.45, 7) is 8.42. The first-order valence-corrected chi connectivity index (χ1v) is 14.8. The first-order valence-electron chi connectivity index (χ1n) is 13.3. The molecule has 2 aliphatic heterocycles. The average molecular weight is 557 g/mol. The minimum atomic E-state index is -3.55. The Morgan fingerprint density at radius 3 is 2.59 bits per heavy atom. The van der Waals surface area contributed by atoms with Crippen molar-refractivity contribution >= 4 is 26.6 Å². The molecule has 2 fully saturated rings. The molecule has 0 spiro atoms. The molecule has 0 bridgehead atoms. The molecule has 0 aliphatic carbocycles. The monoisotopic (exact) mass is 556 g/mol. The Morgan fingerprint density at radius 1 is 1.05 bits per heavy atom. The smallest absolute Gasteiger partial charge is 0.261 e. The number of benzene rings is 2. The van der Waals surface area contributed by atoms with E-state index in [0.29, 0.717) is 69.2 Å². The summed E-state index contributed by atoms with van der Waals surface area (Å²) in [6, 6.07) is 11.0. The Balaban J connectivity index is 1.33. The van der Waals surface area contributed by atoms with E-state index in [2.05, 4.69) is 4.90 Å². The molecule has 39 heavy (non-hydrogen) atoms. The van der Waals surface area contributed by atoms with Crippen molar-refractivity contribution in [3.8, 4) is 0 Å². The normalized spacial score (nSPS) is 19.1. The molecule has 210 valence electrons. The van der Waals surface area contributed by atoms with Gasteiger partial charge in [-0.3, -0.25) is 9.36 Å². The fourth-order valence-electron chi connectivity index (χ4n) is 5.30. The van der Waals surface area contributed by atoms with Crippen LogP contribution in [0, 0.1) is 13.8 Å². The number of methoxy groups -OCH3 is 1. The Kier molecular flexibility index (Phi) is 8.34. The van der Waals surface area contributed by atoms with Crippen LogP contribution < -0.4 is 10.5 Å². The van der Waals surface area contributed by atoms with E-state index in [1.54, 1.807) is 23.8 Å². The Hall–Kier alpha value is -2.83.